The molecular formula is C16H16BrCl. The average molecular weight is 324 g/mol. The summed E-state index contributed by atoms with van der Waals surface area (Å²) in [7, 11) is 0. The van der Waals surface area contributed by atoms with E-state index in [0.717, 1.165) is 10.9 Å². The van der Waals surface area contributed by atoms with Crippen molar-refractivity contribution in [1.82, 2.24) is 0 Å². The number of hydrogen-bond acceptors (Lipinski definition) is 0. The number of halogens is 2. The lowest BCUT2D eigenvalue weighted by atomic mass is 9.92. The number of aryl methyl sites for hydroxylation is 1. The molecule has 0 spiro atoms. The molecule has 0 bridgehead atoms. The minimum absolute atomic E-state index is 0.350. The van der Waals surface area contributed by atoms with Gasteiger partial charge in [-0.05, 0) is 36.1 Å². The monoisotopic (exact) mass is 322 g/mol. The molecule has 0 aliphatic carbocycles. The number of hydrogen-bond donors (Lipinski definition) is 0. The van der Waals surface area contributed by atoms with E-state index in [-0.39, 0.29) is 0 Å². The van der Waals surface area contributed by atoms with Crippen molar-refractivity contribution in [2.45, 2.75) is 19.3 Å². The van der Waals surface area contributed by atoms with E-state index in [1.54, 1.807) is 0 Å². The lowest BCUT2D eigenvalue weighted by molar-refractivity contribution is 0.758. The van der Waals surface area contributed by atoms with Crippen LogP contribution >= 0.6 is 27.5 Å². The molecule has 0 heterocycles. The van der Waals surface area contributed by atoms with Crippen LogP contribution in [0.5, 0.6) is 0 Å². The first-order valence-corrected chi connectivity index (χ1v) is 7.40. The van der Waals surface area contributed by atoms with Crippen molar-refractivity contribution in [3.8, 4) is 0 Å². The quantitative estimate of drug-likeness (QED) is 0.668. The summed E-state index contributed by atoms with van der Waals surface area (Å²) in [6, 6.07) is 16.8. The molecule has 2 heteroatoms. The van der Waals surface area contributed by atoms with Gasteiger partial charge >= 0.3 is 0 Å². The van der Waals surface area contributed by atoms with Crippen molar-refractivity contribution in [2.24, 2.45) is 0 Å². The summed E-state index contributed by atoms with van der Waals surface area (Å²) >= 11 is 9.77. The van der Waals surface area contributed by atoms with E-state index >= 15 is 0 Å². The van der Waals surface area contributed by atoms with Crippen LogP contribution in [0.4, 0.5) is 0 Å². The standard InChI is InChI=1S/C16H16BrCl/c1-12-6-2-3-7-13(12)10-14(11-18)15-8-4-5-9-16(15)17/h2-9,14H,10-11H2,1H3. The van der Waals surface area contributed by atoms with Gasteiger partial charge in [-0.3, -0.25) is 0 Å². The molecule has 94 valence electrons. The van der Waals surface area contributed by atoms with Crippen molar-refractivity contribution < 1.29 is 0 Å². The maximum atomic E-state index is 6.16. The highest BCUT2D eigenvalue weighted by Gasteiger charge is 2.14. The molecule has 0 nitrogen and oxygen atoms in total. The zero-order chi connectivity index (χ0) is 13.0. The predicted octanol–water partition coefficient (Wildman–Crippen LogP) is 5.32. The summed E-state index contributed by atoms with van der Waals surface area (Å²) in [4.78, 5) is 0. The van der Waals surface area contributed by atoms with Crippen LogP contribution in [0, 0.1) is 6.92 Å². The predicted molar refractivity (Wildman–Crippen MR) is 82.5 cm³/mol. The Hall–Kier alpha value is -0.790. The normalized spacial score (nSPS) is 12.4. The van der Waals surface area contributed by atoms with E-state index < -0.39 is 0 Å². The van der Waals surface area contributed by atoms with Gasteiger partial charge in [-0.15, -0.1) is 11.6 Å². The van der Waals surface area contributed by atoms with Crippen LogP contribution in [-0.4, -0.2) is 5.88 Å². The van der Waals surface area contributed by atoms with Crippen molar-refractivity contribution in [1.29, 1.82) is 0 Å². The van der Waals surface area contributed by atoms with Gasteiger partial charge < -0.3 is 0 Å². The third kappa shape index (κ3) is 3.15. The Bertz CT molecular complexity index is 522. The number of alkyl halides is 1. The fraction of sp³-hybridized carbons (Fsp3) is 0.250. The van der Waals surface area contributed by atoms with Crippen LogP contribution in [0.2, 0.25) is 0 Å². The molecule has 0 aliphatic heterocycles. The highest BCUT2D eigenvalue weighted by molar-refractivity contribution is 9.10. The largest absolute Gasteiger partial charge is 0.126 e. The molecule has 0 aromatic heterocycles. The zero-order valence-corrected chi connectivity index (χ0v) is 12.7. The molecule has 0 N–H and O–H groups in total. The molecule has 0 saturated carbocycles. The van der Waals surface area contributed by atoms with Gasteiger partial charge in [0.05, 0.1) is 0 Å². The Morgan fingerprint density at radius 2 is 1.72 bits per heavy atom. The second-order valence-electron chi connectivity index (χ2n) is 4.50. The average Bonchev–Trinajstić information content (AvgIpc) is 2.39. The molecular weight excluding hydrogens is 308 g/mol. The first-order chi connectivity index (χ1) is 8.72. The van der Waals surface area contributed by atoms with Crippen molar-refractivity contribution >= 4 is 27.5 Å². The molecule has 0 radical (unpaired) electrons. The fourth-order valence-electron chi connectivity index (χ4n) is 2.16. The first-order valence-electron chi connectivity index (χ1n) is 6.07. The Labute approximate surface area is 122 Å². The fourth-order valence-corrected chi connectivity index (χ4v) is 3.04. The Morgan fingerprint density at radius 3 is 2.39 bits per heavy atom. The summed E-state index contributed by atoms with van der Waals surface area (Å²) in [5, 5.41) is 0. The van der Waals surface area contributed by atoms with E-state index in [0.29, 0.717) is 11.8 Å². The molecule has 0 aliphatic rings. The SMILES string of the molecule is Cc1ccccc1CC(CCl)c1ccccc1Br. The molecule has 1 atom stereocenters. The zero-order valence-electron chi connectivity index (χ0n) is 10.4. The minimum Gasteiger partial charge on any atom is -0.126 e. The molecule has 2 aromatic carbocycles. The number of rotatable bonds is 4. The molecule has 1 unspecified atom stereocenters. The van der Waals surface area contributed by atoms with Gasteiger partial charge in [0.1, 0.15) is 0 Å². The van der Waals surface area contributed by atoms with Crippen molar-refractivity contribution in [2.75, 3.05) is 5.88 Å². The maximum absolute atomic E-state index is 6.16. The highest BCUT2D eigenvalue weighted by Crippen LogP contribution is 2.29. The van der Waals surface area contributed by atoms with Crippen molar-refractivity contribution in [3.63, 3.8) is 0 Å². The van der Waals surface area contributed by atoms with Gasteiger partial charge in [0.2, 0.25) is 0 Å². The van der Waals surface area contributed by atoms with Crippen molar-refractivity contribution in [3.05, 3.63) is 69.7 Å². The minimum atomic E-state index is 0.350. The van der Waals surface area contributed by atoms with E-state index in [2.05, 4.69) is 65.3 Å². The highest BCUT2D eigenvalue weighted by atomic mass is 79.9. The molecule has 0 amide bonds. The van der Waals surface area contributed by atoms with Gasteiger partial charge in [0.25, 0.3) is 0 Å². The van der Waals surface area contributed by atoms with Gasteiger partial charge in [-0.1, -0.05) is 58.4 Å². The summed E-state index contributed by atoms with van der Waals surface area (Å²) in [6.07, 6.45) is 0.985. The molecule has 0 saturated heterocycles. The molecule has 2 rings (SSSR count). The Balaban J connectivity index is 2.26. The summed E-state index contributed by atoms with van der Waals surface area (Å²) in [6.45, 7) is 2.15. The molecule has 0 fully saturated rings. The van der Waals surface area contributed by atoms with Crippen LogP contribution < -0.4 is 0 Å². The smallest absolute Gasteiger partial charge is 0.0295 e. The van der Waals surface area contributed by atoms with Gasteiger partial charge in [0, 0.05) is 16.3 Å². The Morgan fingerprint density at radius 1 is 1.06 bits per heavy atom. The van der Waals surface area contributed by atoms with Crippen LogP contribution in [0.15, 0.2) is 53.0 Å². The van der Waals surface area contributed by atoms with Crippen LogP contribution in [-0.2, 0) is 6.42 Å². The van der Waals surface area contributed by atoms with Crippen LogP contribution in [0.25, 0.3) is 0 Å². The van der Waals surface area contributed by atoms with Gasteiger partial charge in [-0.25, -0.2) is 0 Å². The second kappa shape index (κ2) is 6.40. The van der Waals surface area contributed by atoms with E-state index in [4.69, 9.17) is 11.6 Å². The summed E-state index contributed by atoms with van der Waals surface area (Å²) in [5.41, 5.74) is 3.99. The molecule has 18 heavy (non-hydrogen) atoms. The second-order valence-corrected chi connectivity index (χ2v) is 5.67. The van der Waals surface area contributed by atoms with Crippen LogP contribution in [0.1, 0.15) is 22.6 Å². The first kappa shape index (κ1) is 13.6. The lowest BCUT2D eigenvalue weighted by Gasteiger charge is -2.17. The number of benzene rings is 2. The summed E-state index contributed by atoms with van der Waals surface area (Å²) < 4.78 is 1.14. The molecule has 2 aromatic rings. The summed E-state index contributed by atoms with van der Waals surface area (Å²) in [5.74, 6) is 0.986. The third-order valence-corrected chi connectivity index (χ3v) is 4.35. The topological polar surface area (TPSA) is 0 Å². The van der Waals surface area contributed by atoms with Crippen LogP contribution in [0.3, 0.4) is 0 Å². The maximum Gasteiger partial charge on any atom is 0.0295 e. The van der Waals surface area contributed by atoms with Gasteiger partial charge in [0.15, 0.2) is 0 Å². The Kier molecular flexibility index (Phi) is 4.85. The lowest BCUT2D eigenvalue weighted by Crippen LogP contribution is -2.06. The van der Waals surface area contributed by atoms with E-state index in [1.165, 1.54) is 16.7 Å². The van der Waals surface area contributed by atoms with Gasteiger partial charge in [-0.2, -0.15) is 0 Å². The third-order valence-electron chi connectivity index (χ3n) is 3.26. The van der Waals surface area contributed by atoms with E-state index in [1.807, 2.05) is 6.07 Å². The van der Waals surface area contributed by atoms with E-state index in [9.17, 15) is 0 Å².